The Labute approximate surface area is 187 Å². The van der Waals surface area contributed by atoms with Crippen molar-refractivity contribution in [3.8, 4) is 11.1 Å². The summed E-state index contributed by atoms with van der Waals surface area (Å²) in [5.41, 5.74) is 4.62. The Kier molecular flexibility index (Phi) is 5.04. The normalized spacial score (nSPS) is 17.9. The highest BCUT2D eigenvalue weighted by Crippen LogP contribution is 2.49. The summed E-state index contributed by atoms with van der Waals surface area (Å²) in [5.74, 6) is -4.82. The van der Waals surface area contributed by atoms with Gasteiger partial charge in [0, 0.05) is 41.4 Å². The lowest BCUT2D eigenvalue weighted by molar-refractivity contribution is -0.119. The van der Waals surface area contributed by atoms with E-state index in [1.807, 2.05) is 26.0 Å². The van der Waals surface area contributed by atoms with Crippen LogP contribution in [0.15, 0.2) is 36.8 Å². The zero-order chi connectivity index (χ0) is 23.3. The molecule has 0 bridgehead atoms. The predicted molar refractivity (Wildman–Crippen MR) is 118 cm³/mol. The highest BCUT2D eigenvalue weighted by Gasteiger charge is 2.61. The molecule has 5 rings (SSSR count). The molecule has 4 heterocycles. The van der Waals surface area contributed by atoms with Crippen LogP contribution in [0.4, 0.5) is 14.6 Å². The maximum atomic E-state index is 13.2. The number of carbonyl (C=O) groups excluding carboxylic acids is 1. The van der Waals surface area contributed by atoms with Crippen molar-refractivity contribution in [2.75, 3.05) is 5.32 Å². The van der Waals surface area contributed by atoms with E-state index in [4.69, 9.17) is 0 Å². The summed E-state index contributed by atoms with van der Waals surface area (Å²) in [6.45, 7) is 3.96. The van der Waals surface area contributed by atoms with Gasteiger partial charge in [0.05, 0.1) is 29.0 Å². The Balaban J connectivity index is 1.54. The number of pyridine rings is 3. The first-order chi connectivity index (χ1) is 15.8. The van der Waals surface area contributed by atoms with Crippen molar-refractivity contribution in [1.29, 1.82) is 0 Å². The van der Waals surface area contributed by atoms with E-state index in [1.165, 1.54) is 0 Å². The molecular weight excluding hydrogens is 430 g/mol. The van der Waals surface area contributed by atoms with E-state index in [0.29, 0.717) is 23.1 Å². The number of anilines is 1. The van der Waals surface area contributed by atoms with Crippen molar-refractivity contribution < 1.29 is 18.7 Å². The monoisotopic (exact) mass is 452 g/mol. The number of aliphatic hydroxyl groups excluding tert-OH is 1. The van der Waals surface area contributed by atoms with Gasteiger partial charge in [0.15, 0.2) is 0 Å². The fraction of sp³-hybridized carbons (Fsp3) is 0.348. The molecule has 170 valence electrons. The van der Waals surface area contributed by atoms with Gasteiger partial charge in [-0.25, -0.2) is 18.3 Å². The molecular formula is C23H22F2N6O2. The first-order valence-corrected chi connectivity index (χ1v) is 10.8. The Bertz CT molecular complexity index is 1390. The van der Waals surface area contributed by atoms with Crippen LogP contribution in [0.5, 0.6) is 0 Å². The molecule has 1 aliphatic rings. The second-order valence-electron chi connectivity index (χ2n) is 8.45. The minimum absolute atomic E-state index is 0.173. The molecule has 4 aromatic heterocycles. The molecule has 4 aromatic rings. The van der Waals surface area contributed by atoms with Crippen LogP contribution in [0.3, 0.4) is 0 Å². The second kappa shape index (κ2) is 7.80. The van der Waals surface area contributed by atoms with E-state index in [2.05, 4.69) is 25.6 Å². The van der Waals surface area contributed by atoms with E-state index < -0.39 is 30.3 Å². The smallest absolute Gasteiger partial charge is 0.260 e. The number of rotatable bonds is 6. The van der Waals surface area contributed by atoms with Crippen LogP contribution in [-0.4, -0.2) is 41.7 Å². The topological polar surface area (TPSA) is 105 Å². The highest BCUT2D eigenvalue weighted by molar-refractivity contribution is 5.97. The lowest BCUT2D eigenvalue weighted by Crippen LogP contribution is -2.18. The third-order valence-electron chi connectivity index (χ3n) is 5.98. The van der Waals surface area contributed by atoms with Crippen LogP contribution in [0.1, 0.15) is 43.5 Å². The number of aliphatic hydroxyl groups is 1. The fourth-order valence-electron chi connectivity index (χ4n) is 4.03. The molecule has 2 N–H and O–H groups in total. The number of nitrogens with one attached hydrogen (secondary N) is 1. The van der Waals surface area contributed by atoms with Gasteiger partial charge in [0.2, 0.25) is 5.91 Å². The van der Waals surface area contributed by atoms with Crippen LogP contribution >= 0.6 is 0 Å². The standard InChI is InChI=1S/C23H22F2N6O2/c1-3-4-20(32)17-5-12(2)15(10-26-17)14-6-13-9-27-21(29-22(33)16-8-23(16,24)25)7-18(13)31-19(14)11-28-30-31/h5-7,9-11,16,20,32H,3-4,8H2,1-2H3,(H,27,29,33)/t16?,20-/m0/s1. The van der Waals surface area contributed by atoms with Crippen molar-refractivity contribution in [2.24, 2.45) is 5.92 Å². The second-order valence-corrected chi connectivity index (χ2v) is 8.45. The number of hydrogen-bond acceptors (Lipinski definition) is 6. The van der Waals surface area contributed by atoms with Crippen molar-refractivity contribution in [3.63, 3.8) is 0 Å². The fourth-order valence-corrected chi connectivity index (χ4v) is 4.03. The number of aryl methyl sites for hydroxylation is 1. The minimum atomic E-state index is -2.94. The Hall–Kier alpha value is -3.53. The molecule has 1 fully saturated rings. The molecule has 1 unspecified atom stereocenters. The van der Waals surface area contributed by atoms with Gasteiger partial charge in [0.1, 0.15) is 11.7 Å². The molecule has 2 atom stereocenters. The number of carbonyl (C=O) groups is 1. The number of amides is 1. The zero-order valence-electron chi connectivity index (χ0n) is 18.1. The molecule has 8 nitrogen and oxygen atoms in total. The third kappa shape index (κ3) is 3.80. The van der Waals surface area contributed by atoms with Crippen LogP contribution < -0.4 is 5.32 Å². The summed E-state index contributed by atoms with van der Waals surface area (Å²) in [6.07, 6.45) is 5.36. The van der Waals surface area contributed by atoms with Crippen LogP contribution in [0, 0.1) is 12.8 Å². The predicted octanol–water partition coefficient (Wildman–Crippen LogP) is 4.08. The number of nitrogens with zero attached hydrogens (tertiary/aromatic N) is 5. The van der Waals surface area contributed by atoms with Gasteiger partial charge in [0.25, 0.3) is 5.92 Å². The summed E-state index contributed by atoms with van der Waals surface area (Å²) in [5, 5.41) is 21.7. The summed E-state index contributed by atoms with van der Waals surface area (Å²) in [4.78, 5) is 20.7. The maximum absolute atomic E-state index is 13.2. The molecule has 1 saturated carbocycles. The van der Waals surface area contributed by atoms with Crippen molar-refractivity contribution in [3.05, 3.63) is 48.0 Å². The van der Waals surface area contributed by atoms with E-state index in [9.17, 15) is 18.7 Å². The number of aromatic nitrogens is 5. The number of halogens is 2. The summed E-state index contributed by atoms with van der Waals surface area (Å²) < 4.78 is 28.0. The molecule has 0 radical (unpaired) electrons. The van der Waals surface area contributed by atoms with E-state index in [-0.39, 0.29) is 5.82 Å². The Morgan fingerprint density at radius 1 is 1.21 bits per heavy atom. The van der Waals surface area contributed by atoms with Crippen molar-refractivity contribution in [1.82, 2.24) is 24.8 Å². The van der Waals surface area contributed by atoms with Crippen molar-refractivity contribution in [2.45, 2.75) is 45.1 Å². The van der Waals surface area contributed by atoms with Crippen molar-refractivity contribution >= 4 is 28.1 Å². The Morgan fingerprint density at radius 3 is 2.70 bits per heavy atom. The average Bonchev–Trinajstić information content (AvgIpc) is 3.18. The largest absolute Gasteiger partial charge is 0.387 e. The van der Waals surface area contributed by atoms with E-state index >= 15 is 0 Å². The molecule has 1 amide bonds. The van der Waals surface area contributed by atoms with Crippen LogP contribution in [-0.2, 0) is 4.79 Å². The zero-order valence-corrected chi connectivity index (χ0v) is 18.1. The third-order valence-corrected chi connectivity index (χ3v) is 5.98. The van der Waals surface area contributed by atoms with Gasteiger partial charge in [-0.1, -0.05) is 18.6 Å². The van der Waals surface area contributed by atoms with E-state index in [1.54, 1.807) is 29.2 Å². The number of hydrogen-bond donors (Lipinski definition) is 2. The lowest BCUT2D eigenvalue weighted by Gasteiger charge is -2.14. The minimum Gasteiger partial charge on any atom is -0.387 e. The molecule has 0 aliphatic heterocycles. The quantitative estimate of drug-likeness (QED) is 0.457. The van der Waals surface area contributed by atoms with Gasteiger partial charge >= 0.3 is 0 Å². The summed E-state index contributed by atoms with van der Waals surface area (Å²) >= 11 is 0. The van der Waals surface area contributed by atoms with Gasteiger partial charge in [-0.05, 0) is 31.0 Å². The lowest BCUT2D eigenvalue weighted by atomic mass is 9.99. The molecule has 1 aliphatic carbocycles. The maximum Gasteiger partial charge on any atom is 0.260 e. The van der Waals surface area contributed by atoms with Gasteiger partial charge in [-0.3, -0.25) is 9.78 Å². The van der Waals surface area contributed by atoms with Crippen LogP contribution in [0.2, 0.25) is 0 Å². The number of fused-ring (bicyclic) bond motifs is 3. The van der Waals surface area contributed by atoms with Gasteiger partial charge in [-0.2, -0.15) is 0 Å². The number of alkyl halides is 2. The molecule has 0 aromatic carbocycles. The molecule has 0 spiro atoms. The summed E-state index contributed by atoms with van der Waals surface area (Å²) in [6, 6.07) is 5.40. The first-order valence-electron chi connectivity index (χ1n) is 10.8. The highest BCUT2D eigenvalue weighted by atomic mass is 19.3. The van der Waals surface area contributed by atoms with Crippen LogP contribution in [0.25, 0.3) is 27.5 Å². The molecule has 33 heavy (non-hydrogen) atoms. The first kappa shape index (κ1) is 21.3. The van der Waals surface area contributed by atoms with E-state index in [0.717, 1.165) is 28.5 Å². The van der Waals surface area contributed by atoms with Gasteiger partial charge < -0.3 is 10.4 Å². The Morgan fingerprint density at radius 2 is 2.00 bits per heavy atom. The van der Waals surface area contributed by atoms with Gasteiger partial charge in [-0.15, -0.1) is 5.10 Å². The summed E-state index contributed by atoms with van der Waals surface area (Å²) in [7, 11) is 0. The average molecular weight is 452 g/mol. The molecule has 10 heteroatoms. The molecule has 0 saturated heterocycles. The SMILES string of the molecule is CCC[C@H](O)c1cc(C)c(-c2cc3cnc(NC(=O)C4CC4(F)F)cc3n3nncc23)cn1.